The molecule has 0 aliphatic carbocycles. The molecule has 1 aromatic heterocycles. The van der Waals surface area contributed by atoms with Crippen LogP contribution in [0, 0.1) is 12.8 Å². The molecule has 0 radical (unpaired) electrons. The van der Waals surface area contributed by atoms with Gasteiger partial charge in [-0.25, -0.2) is 9.78 Å². The molecule has 2 amide bonds. The van der Waals surface area contributed by atoms with Gasteiger partial charge in [-0.3, -0.25) is 4.79 Å². The van der Waals surface area contributed by atoms with Gasteiger partial charge in [0.25, 0.3) is 5.56 Å². The SMILES string of the molecule is COc1ccc(C)cc1NC(=O)NC1CCN(c2nc3ccccc3n(CC(C)C)c2=O)CC1. The Hall–Kier alpha value is -3.55. The first-order valence-corrected chi connectivity index (χ1v) is 11.8. The number of rotatable bonds is 6. The number of nitrogens with one attached hydrogen (secondary N) is 2. The van der Waals surface area contributed by atoms with Gasteiger partial charge in [0, 0.05) is 25.7 Å². The maximum absolute atomic E-state index is 13.3. The second-order valence-corrected chi connectivity index (χ2v) is 9.30. The minimum absolute atomic E-state index is 0.0189. The average Bonchev–Trinajstić information content (AvgIpc) is 2.81. The summed E-state index contributed by atoms with van der Waals surface area (Å²) in [6.45, 7) is 8.14. The molecule has 1 saturated heterocycles. The monoisotopic (exact) mass is 463 g/mol. The standard InChI is InChI=1S/C26H33N5O3/c1-17(2)16-31-22-8-6-5-7-20(22)28-24(25(31)32)30-13-11-19(12-14-30)27-26(33)29-21-15-18(3)9-10-23(21)34-4/h5-10,15,17,19H,11-14,16H2,1-4H3,(H2,27,29,33). The zero-order valence-corrected chi connectivity index (χ0v) is 20.3. The summed E-state index contributed by atoms with van der Waals surface area (Å²) < 4.78 is 7.18. The summed E-state index contributed by atoms with van der Waals surface area (Å²) in [4.78, 5) is 32.7. The first kappa shape index (κ1) is 23.6. The Labute approximate surface area is 199 Å². The van der Waals surface area contributed by atoms with Gasteiger partial charge in [0.1, 0.15) is 5.75 Å². The lowest BCUT2D eigenvalue weighted by Gasteiger charge is -2.33. The lowest BCUT2D eigenvalue weighted by molar-refractivity contribution is 0.246. The van der Waals surface area contributed by atoms with E-state index in [9.17, 15) is 9.59 Å². The number of aryl methyl sites for hydroxylation is 1. The van der Waals surface area contributed by atoms with Crippen molar-refractivity contribution in [1.29, 1.82) is 0 Å². The minimum atomic E-state index is -0.259. The maximum atomic E-state index is 13.3. The molecular weight excluding hydrogens is 430 g/mol. The number of ether oxygens (including phenoxy) is 1. The van der Waals surface area contributed by atoms with Crippen LogP contribution in [0.3, 0.4) is 0 Å². The number of carbonyl (C=O) groups is 1. The number of aromatic nitrogens is 2. The number of hydrogen-bond acceptors (Lipinski definition) is 5. The first-order valence-electron chi connectivity index (χ1n) is 11.8. The van der Waals surface area contributed by atoms with Crippen molar-refractivity contribution in [1.82, 2.24) is 14.9 Å². The molecule has 180 valence electrons. The van der Waals surface area contributed by atoms with Crippen LogP contribution in [0.1, 0.15) is 32.3 Å². The van der Waals surface area contributed by atoms with Gasteiger partial charge >= 0.3 is 6.03 Å². The average molecular weight is 464 g/mol. The molecule has 0 unspecified atom stereocenters. The van der Waals surface area contributed by atoms with Gasteiger partial charge in [-0.2, -0.15) is 0 Å². The van der Waals surface area contributed by atoms with E-state index >= 15 is 0 Å². The number of anilines is 2. The molecule has 34 heavy (non-hydrogen) atoms. The number of para-hydroxylation sites is 2. The fourth-order valence-electron chi connectivity index (χ4n) is 4.43. The molecule has 8 nitrogen and oxygen atoms in total. The molecule has 0 bridgehead atoms. The van der Waals surface area contributed by atoms with E-state index in [1.807, 2.05) is 58.9 Å². The van der Waals surface area contributed by atoms with Gasteiger partial charge in [-0.05, 0) is 55.5 Å². The zero-order chi connectivity index (χ0) is 24.2. The Balaban J connectivity index is 1.44. The lowest BCUT2D eigenvalue weighted by atomic mass is 10.1. The van der Waals surface area contributed by atoms with Crippen molar-refractivity contribution in [3.05, 3.63) is 58.4 Å². The maximum Gasteiger partial charge on any atom is 0.319 e. The Morgan fingerprint density at radius 1 is 1.18 bits per heavy atom. The number of fused-ring (bicyclic) bond motifs is 1. The highest BCUT2D eigenvalue weighted by Crippen LogP contribution is 2.25. The van der Waals surface area contributed by atoms with Gasteiger partial charge in [0.15, 0.2) is 5.82 Å². The molecule has 4 rings (SSSR count). The fraction of sp³-hybridized carbons (Fsp3) is 0.423. The van der Waals surface area contributed by atoms with E-state index in [0.717, 1.165) is 29.4 Å². The molecular formula is C26H33N5O3. The van der Waals surface area contributed by atoms with E-state index < -0.39 is 0 Å². The summed E-state index contributed by atoms with van der Waals surface area (Å²) in [5.74, 6) is 1.46. The Bertz CT molecular complexity index is 1230. The van der Waals surface area contributed by atoms with Crippen molar-refractivity contribution >= 4 is 28.6 Å². The molecule has 1 aliphatic heterocycles. The van der Waals surface area contributed by atoms with Crippen LogP contribution in [-0.2, 0) is 6.54 Å². The van der Waals surface area contributed by atoms with Crippen molar-refractivity contribution < 1.29 is 9.53 Å². The molecule has 2 N–H and O–H groups in total. The third-order valence-electron chi connectivity index (χ3n) is 6.12. The van der Waals surface area contributed by atoms with Crippen LogP contribution in [0.25, 0.3) is 11.0 Å². The molecule has 3 aromatic rings. The highest BCUT2D eigenvalue weighted by molar-refractivity contribution is 5.91. The van der Waals surface area contributed by atoms with E-state index in [0.29, 0.717) is 42.8 Å². The van der Waals surface area contributed by atoms with Crippen molar-refractivity contribution in [3.63, 3.8) is 0 Å². The number of methoxy groups -OCH3 is 1. The molecule has 8 heteroatoms. The van der Waals surface area contributed by atoms with Crippen molar-refractivity contribution in [3.8, 4) is 5.75 Å². The van der Waals surface area contributed by atoms with Crippen LogP contribution in [0.5, 0.6) is 5.75 Å². The number of carbonyl (C=O) groups excluding carboxylic acids is 1. The molecule has 1 fully saturated rings. The van der Waals surface area contributed by atoms with E-state index in [1.54, 1.807) is 7.11 Å². The molecule has 0 saturated carbocycles. The van der Waals surface area contributed by atoms with Crippen LogP contribution in [0.2, 0.25) is 0 Å². The molecule has 2 heterocycles. The van der Waals surface area contributed by atoms with E-state index in [1.165, 1.54) is 0 Å². The first-order chi connectivity index (χ1) is 16.4. The molecule has 0 atom stereocenters. The molecule has 2 aromatic carbocycles. The summed E-state index contributed by atoms with van der Waals surface area (Å²) in [7, 11) is 1.58. The summed E-state index contributed by atoms with van der Waals surface area (Å²) in [5, 5.41) is 5.95. The van der Waals surface area contributed by atoms with Crippen LogP contribution in [-0.4, -0.2) is 41.8 Å². The van der Waals surface area contributed by atoms with Gasteiger partial charge in [0.2, 0.25) is 0 Å². The van der Waals surface area contributed by atoms with Crippen LogP contribution in [0.4, 0.5) is 16.3 Å². The van der Waals surface area contributed by atoms with Crippen molar-refractivity contribution in [2.75, 3.05) is 30.4 Å². The quantitative estimate of drug-likeness (QED) is 0.573. The van der Waals surface area contributed by atoms with Gasteiger partial charge in [-0.15, -0.1) is 0 Å². The van der Waals surface area contributed by atoms with Crippen LogP contribution < -0.4 is 25.8 Å². The second-order valence-electron chi connectivity index (χ2n) is 9.30. The van der Waals surface area contributed by atoms with Crippen molar-refractivity contribution in [2.45, 2.75) is 46.2 Å². The smallest absolute Gasteiger partial charge is 0.319 e. The third-order valence-corrected chi connectivity index (χ3v) is 6.12. The van der Waals surface area contributed by atoms with Gasteiger partial charge < -0.3 is 24.8 Å². The van der Waals surface area contributed by atoms with Crippen LogP contribution >= 0.6 is 0 Å². The predicted molar refractivity (Wildman–Crippen MR) is 136 cm³/mol. The Kier molecular flexibility index (Phi) is 7.05. The summed E-state index contributed by atoms with van der Waals surface area (Å²) in [5.41, 5.74) is 3.32. The van der Waals surface area contributed by atoms with Crippen molar-refractivity contribution in [2.24, 2.45) is 5.92 Å². The molecule has 0 spiro atoms. The van der Waals surface area contributed by atoms with Crippen LogP contribution in [0.15, 0.2) is 47.3 Å². The van der Waals surface area contributed by atoms with Gasteiger partial charge in [0.05, 0.1) is 23.8 Å². The Morgan fingerprint density at radius 3 is 2.62 bits per heavy atom. The van der Waals surface area contributed by atoms with Gasteiger partial charge in [-0.1, -0.05) is 32.0 Å². The number of amides is 2. The van der Waals surface area contributed by atoms with E-state index in [4.69, 9.17) is 9.72 Å². The number of nitrogens with zero attached hydrogens (tertiary/aromatic N) is 3. The minimum Gasteiger partial charge on any atom is -0.495 e. The topological polar surface area (TPSA) is 88.5 Å². The lowest BCUT2D eigenvalue weighted by Crippen LogP contribution is -2.47. The number of piperidine rings is 1. The number of urea groups is 1. The normalized spacial score (nSPS) is 14.4. The third kappa shape index (κ3) is 5.16. The van der Waals surface area contributed by atoms with E-state index in [-0.39, 0.29) is 17.6 Å². The molecule has 1 aliphatic rings. The summed E-state index contributed by atoms with van der Waals surface area (Å²) in [6.07, 6.45) is 1.47. The predicted octanol–water partition coefficient (Wildman–Crippen LogP) is 4.16. The number of benzene rings is 2. The Morgan fingerprint density at radius 2 is 1.91 bits per heavy atom. The van der Waals surface area contributed by atoms with E-state index in [2.05, 4.69) is 24.5 Å². The number of hydrogen-bond donors (Lipinski definition) is 2. The highest BCUT2D eigenvalue weighted by Gasteiger charge is 2.25. The largest absolute Gasteiger partial charge is 0.495 e. The fourth-order valence-corrected chi connectivity index (χ4v) is 4.43. The summed E-state index contributed by atoms with van der Waals surface area (Å²) in [6, 6.07) is 13.2. The highest BCUT2D eigenvalue weighted by atomic mass is 16.5. The zero-order valence-electron chi connectivity index (χ0n) is 20.3. The summed E-state index contributed by atoms with van der Waals surface area (Å²) >= 11 is 0. The second kappa shape index (κ2) is 10.2.